The molecule has 0 aliphatic rings. The van der Waals surface area contributed by atoms with E-state index < -0.39 is 148 Å². The molecule has 0 saturated heterocycles. The lowest BCUT2D eigenvalue weighted by Crippen LogP contribution is -2.44. The van der Waals surface area contributed by atoms with E-state index in [1.807, 2.05) is 158 Å². The van der Waals surface area contributed by atoms with Gasteiger partial charge < -0.3 is 97.7 Å². The van der Waals surface area contributed by atoms with Gasteiger partial charge in [0.05, 0.1) is 142 Å². The number of halogens is 11. The van der Waals surface area contributed by atoms with E-state index in [-0.39, 0.29) is 142 Å². The highest BCUT2D eigenvalue weighted by atomic mass is 127. The molecule has 0 aromatic heterocycles. The van der Waals surface area contributed by atoms with Gasteiger partial charge in [-0.05, 0) is 227 Å². The van der Waals surface area contributed by atoms with Crippen LogP contribution in [0.2, 0.25) is 0 Å². The van der Waals surface area contributed by atoms with Crippen LogP contribution < -0.4 is 36.4 Å². The third kappa shape index (κ3) is 30.2. The maximum atomic E-state index is 13.8. The Labute approximate surface area is 710 Å². The van der Waals surface area contributed by atoms with Crippen molar-refractivity contribution >= 4 is 296 Å². The summed E-state index contributed by atoms with van der Waals surface area (Å²) in [6.07, 6.45) is -8.27. The van der Waals surface area contributed by atoms with Crippen LogP contribution in [0.1, 0.15) is 109 Å². The zero-order valence-electron chi connectivity index (χ0n) is 53.1. The van der Waals surface area contributed by atoms with E-state index in [4.69, 9.17) is 38.9 Å². The Morgan fingerprint density at radius 2 is 0.673 bits per heavy atom. The van der Waals surface area contributed by atoms with Gasteiger partial charge >= 0.3 is 0 Å². The van der Waals surface area contributed by atoms with E-state index in [1.54, 1.807) is 45.2 Å². The van der Waals surface area contributed by atoms with Crippen LogP contribution in [-0.2, 0) is 14.4 Å². The smallest absolute Gasteiger partial charge is 0.253 e. The first kappa shape index (κ1) is 97.6. The van der Waals surface area contributed by atoms with Crippen LogP contribution in [0.5, 0.6) is 0 Å². The molecule has 0 radical (unpaired) electrons. The highest BCUT2D eigenvalue weighted by molar-refractivity contribution is 14.1. The summed E-state index contributed by atoms with van der Waals surface area (Å²) in [6, 6.07) is -1.58. The summed E-state index contributed by atoms with van der Waals surface area (Å²) in [4.78, 5) is 127. The number of Topliss-reactive ketones (excluding diaryl/α,β-unsaturated/α-hetero) is 2. The van der Waals surface area contributed by atoms with Gasteiger partial charge in [0.15, 0.2) is 11.6 Å². The number of nitrogens with zero attached hydrogens (tertiary/aromatic N) is 8. The summed E-state index contributed by atoms with van der Waals surface area (Å²) in [5, 5.41) is 134. The highest BCUT2D eigenvalue weighted by Gasteiger charge is 2.37. The summed E-state index contributed by atoms with van der Waals surface area (Å²) in [5.41, 5.74) is 18.0. The van der Waals surface area contributed by atoms with E-state index in [1.165, 1.54) is 20.8 Å². The SMILES string of the molecule is CC(=O)N(CC(CN(C(C)=O)c1c(I)c(C(=O)CCC(O)CO)c(I)c(C(=O)NCC(O)CO)c1I)N=[N+]=[N-])c1c(I)c(C(=O)CCC(O)CO)c(I)c(C(=O)NCC(O)CO)c1I.CC(=O)Nc1c(I)c(C(=O)NCC(O)CO)c(I)c(C(=O)NCC(O)CO)c1I.[N-]=[N+]=NC(CCl)CCl. The number of azide groups is 2. The van der Waals surface area contributed by atoms with Crippen molar-refractivity contribution in [3.8, 4) is 0 Å². The lowest BCUT2D eigenvalue weighted by atomic mass is 9.99. The van der Waals surface area contributed by atoms with Crippen LogP contribution in [0.25, 0.3) is 20.9 Å². The molecular weight excluding hydrogens is 2400 g/mol. The fourth-order valence-corrected chi connectivity index (χ4v) is 22.6. The van der Waals surface area contributed by atoms with E-state index in [0.717, 1.165) is 9.80 Å². The van der Waals surface area contributed by atoms with Gasteiger partial charge in [-0.1, -0.05) is 10.2 Å². The van der Waals surface area contributed by atoms with Crippen LogP contribution >= 0.6 is 227 Å². The third-order valence-corrected chi connectivity index (χ3v) is 23.5. The largest absolute Gasteiger partial charge is 0.394 e. The van der Waals surface area contributed by atoms with E-state index in [9.17, 15) is 99.7 Å². The van der Waals surface area contributed by atoms with Crippen molar-refractivity contribution in [1.82, 2.24) is 21.3 Å². The minimum absolute atomic E-state index is 0.0180. The Balaban J connectivity index is 0.00000113. The fraction of sp³-hybridized carbons (Fsp3) is 0.518. The van der Waals surface area contributed by atoms with E-state index >= 15 is 0 Å². The van der Waals surface area contributed by atoms with Crippen molar-refractivity contribution in [2.75, 3.05) is 106 Å². The number of benzene rings is 3. The van der Waals surface area contributed by atoms with Crippen molar-refractivity contribution in [2.45, 2.75) is 95.2 Å². The molecule has 3 rings (SSSR count). The molecule has 3 aromatic rings. The summed E-state index contributed by atoms with van der Waals surface area (Å²) in [6.45, 7) is -2.13. The van der Waals surface area contributed by atoms with Gasteiger partial charge in [0.2, 0.25) is 17.7 Å². The molecule has 0 aliphatic carbocycles. The second-order valence-corrected chi connectivity index (χ2v) is 31.2. The molecule has 0 spiro atoms. The van der Waals surface area contributed by atoms with Gasteiger partial charge in [0.1, 0.15) is 0 Å². The molecule has 34 nitrogen and oxygen atoms in total. The van der Waals surface area contributed by atoms with Gasteiger partial charge in [0.25, 0.3) is 23.6 Å². The van der Waals surface area contributed by atoms with Crippen molar-refractivity contribution in [2.24, 2.45) is 10.2 Å². The molecule has 562 valence electrons. The fourth-order valence-electron chi connectivity index (χ4n) is 8.05. The Morgan fingerprint density at radius 1 is 0.416 bits per heavy atom. The normalized spacial score (nSPS) is 12.9. The number of carbonyl (C=O) groups excluding carboxylic acids is 9. The number of hydrogen-bond donors (Lipinski definition) is 17. The molecule has 0 fully saturated rings. The quantitative estimate of drug-likeness (QED) is 0.00969. The molecule has 3 aromatic carbocycles. The van der Waals surface area contributed by atoms with Crippen molar-refractivity contribution in [1.29, 1.82) is 0 Å². The predicted molar refractivity (Wildman–Crippen MR) is 446 cm³/mol. The minimum atomic E-state index is -1.33. The summed E-state index contributed by atoms with van der Waals surface area (Å²) in [5.74, 6) is -5.05. The van der Waals surface area contributed by atoms with Crippen LogP contribution in [0.3, 0.4) is 0 Å². The van der Waals surface area contributed by atoms with Crippen LogP contribution in [0.15, 0.2) is 10.2 Å². The predicted octanol–water partition coefficient (Wildman–Crippen LogP) is 3.97. The topological polar surface area (TPSA) is 561 Å². The maximum Gasteiger partial charge on any atom is 0.253 e. The molecule has 6 unspecified atom stereocenters. The first-order valence-corrected chi connectivity index (χ1v) is 39.8. The molecule has 45 heteroatoms. The first-order valence-electron chi connectivity index (χ1n) is 29.0. The van der Waals surface area contributed by atoms with Crippen LogP contribution in [0, 0.1) is 32.1 Å². The monoisotopic (exact) mass is 2470 g/mol. The number of alkyl halides is 2. The number of anilines is 3. The number of carbonyl (C=O) groups is 9. The van der Waals surface area contributed by atoms with Crippen LogP contribution in [-0.4, -0.2) is 254 Å². The zero-order chi connectivity index (χ0) is 77.5. The Hall–Kier alpha value is -1.42. The van der Waals surface area contributed by atoms with Crippen molar-refractivity contribution in [3.63, 3.8) is 0 Å². The molecule has 17 N–H and O–H groups in total. The standard InChI is InChI=1S/C37H45I6N7O14.C16H20I3N3O7.C3H5Cl2N3/c1-15(55)49(34-30(40)24(22(61)5-3-18(57)11-51)28(38)26(32(34)42)36(63)45-7-20(59)13-53)9-17(47-48-44)10-50(16(2)56)35-31(41)25(23(62)6-4-19(58)12-52)29(39)27(33(35)43)37(64)46-8-21(60)14-54;1-6(25)22-14-12(18)9(15(28)20-2-7(26)4-23)11(17)10(13(14)19)16(29)21-3-8(27)5-24;4-1-3(2-5)7-8-6/h17-21,51-54,57-60H,3-14H2,1-2H3,(H,45,63)(H,46,64);7-8,23-24,26-27H,2-5H2,1H3,(H,20,28)(H,21,29)(H,22,25);3H,1-2H2. The maximum absolute atomic E-state index is 13.8. The number of aliphatic hydroxyl groups excluding tert-OH is 12. The molecule has 7 amide bonds. The van der Waals surface area contributed by atoms with E-state index in [0.29, 0.717) is 10.7 Å². The zero-order valence-corrected chi connectivity index (χ0v) is 74.1. The number of nitrogens with one attached hydrogen (secondary N) is 5. The first-order chi connectivity index (χ1) is 47.4. The average molecular weight is 2470 g/mol. The second-order valence-electron chi connectivity index (χ2n) is 20.9. The molecular formula is C56H70Cl2I9N13O21. The van der Waals surface area contributed by atoms with Gasteiger partial charge in [-0.15, -0.1) is 23.2 Å². The molecule has 6 atom stereocenters. The van der Waals surface area contributed by atoms with Gasteiger partial charge in [-0.2, -0.15) is 0 Å². The Bertz CT molecular complexity index is 3250. The lowest BCUT2D eigenvalue weighted by molar-refractivity contribution is -0.117. The minimum Gasteiger partial charge on any atom is -0.394 e. The number of hydrogen-bond acceptors (Lipinski definition) is 23. The lowest BCUT2D eigenvalue weighted by Gasteiger charge is -2.32. The molecule has 101 heavy (non-hydrogen) atoms. The van der Waals surface area contributed by atoms with Gasteiger partial charge in [-0.3, -0.25) is 43.2 Å². The van der Waals surface area contributed by atoms with E-state index in [2.05, 4.69) is 46.6 Å². The molecule has 0 bridgehead atoms. The van der Waals surface area contributed by atoms with Gasteiger partial charge in [-0.25, -0.2) is 0 Å². The summed E-state index contributed by atoms with van der Waals surface area (Å²) in [7, 11) is 0. The Kier molecular flexibility index (Phi) is 48.6. The molecule has 0 heterocycles. The number of aliphatic hydroxyl groups is 12. The Morgan fingerprint density at radius 3 is 0.911 bits per heavy atom. The third-order valence-electron chi connectivity index (χ3n) is 13.2. The molecule has 0 saturated carbocycles. The number of rotatable bonds is 37. The highest BCUT2D eigenvalue weighted by Crippen LogP contribution is 2.42. The van der Waals surface area contributed by atoms with Crippen LogP contribution in [0.4, 0.5) is 17.1 Å². The van der Waals surface area contributed by atoms with Crippen molar-refractivity contribution < 1.29 is 104 Å². The number of amides is 7. The second kappa shape index (κ2) is 50.3. The van der Waals surface area contributed by atoms with Gasteiger partial charge in [0, 0.05) is 123 Å². The average Bonchev–Trinajstić information content (AvgIpc) is 0.771. The summed E-state index contributed by atoms with van der Waals surface area (Å²) >= 11 is 27.1. The van der Waals surface area contributed by atoms with Crippen molar-refractivity contribution in [3.05, 3.63) is 86.4 Å². The summed E-state index contributed by atoms with van der Waals surface area (Å²) < 4.78 is 2.05. The number of ketones is 2. The molecule has 0 aliphatic heterocycles.